The molecule has 2 aliphatic heterocycles. The Bertz CT molecular complexity index is 823. The van der Waals surface area contributed by atoms with Gasteiger partial charge >= 0.3 is 0 Å². The summed E-state index contributed by atoms with van der Waals surface area (Å²) in [6, 6.07) is 3.67. The Balaban J connectivity index is 1.43. The number of fused-ring (bicyclic) bond motifs is 1. The molecule has 0 saturated carbocycles. The normalized spacial score (nSPS) is 21.6. The van der Waals surface area contributed by atoms with E-state index in [9.17, 15) is 4.79 Å². The predicted octanol–water partition coefficient (Wildman–Crippen LogP) is 1.46. The summed E-state index contributed by atoms with van der Waals surface area (Å²) in [4.78, 5) is 12.7. The van der Waals surface area contributed by atoms with E-state index in [1.54, 1.807) is 10.7 Å². The highest BCUT2D eigenvalue weighted by Crippen LogP contribution is 2.38. The number of ether oxygens (including phenoxy) is 2. The van der Waals surface area contributed by atoms with Crippen LogP contribution in [-0.4, -0.2) is 42.0 Å². The van der Waals surface area contributed by atoms with E-state index in [0.717, 1.165) is 17.7 Å². The molecule has 2 N–H and O–H groups in total. The number of nitrogens with zero attached hydrogens (tertiary/aromatic N) is 2. The molecule has 0 unspecified atom stereocenters. The molecule has 26 heavy (non-hydrogen) atoms. The molecule has 1 fully saturated rings. The molecule has 2 atom stereocenters. The van der Waals surface area contributed by atoms with Crippen LogP contribution >= 0.6 is 11.6 Å². The number of hydrogen-bond donors (Lipinski definition) is 2. The van der Waals surface area contributed by atoms with Gasteiger partial charge in [0.05, 0.1) is 17.1 Å². The standard InChI is InChI=1S/C18H21ClN4O3/c1-23-10-12(7-22-23)13-8-20-9-14(13)18(24)21-6-11-4-15(19)17-16(5-11)25-2-3-26-17/h4-5,7,10,13-14,20H,2-3,6,8-9H2,1H3,(H,21,24)/t13-,14+/m1/s1. The van der Waals surface area contributed by atoms with Crippen LogP contribution in [0.3, 0.4) is 0 Å². The third-order valence-electron chi connectivity index (χ3n) is 4.83. The van der Waals surface area contributed by atoms with Gasteiger partial charge in [0.2, 0.25) is 5.91 Å². The van der Waals surface area contributed by atoms with Crippen molar-refractivity contribution in [3.63, 3.8) is 0 Å². The fourth-order valence-corrected chi connectivity index (χ4v) is 3.81. The first-order chi connectivity index (χ1) is 12.6. The third-order valence-corrected chi connectivity index (χ3v) is 5.11. The summed E-state index contributed by atoms with van der Waals surface area (Å²) in [5.74, 6) is 1.24. The van der Waals surface area contributed by atoms with Crippen LogP contribution < -0.4 is 20.1 Å². The lowest BCUT2D eigenvalue weighted by Gasteiger charge is -2.21. The van der Waals surface area contributed by atoms with Gasteiger partial charge in [-0.25, -0.2) is 0 Å². The van der Waals surface area contributed by atoms with Crippen molar-refractivity contribution in [2.24, 2.45) is 13.0 Å². The smallest absolute Gasteiger partial charge is 0.225 e. The van der Waals surface area contributed by atoms with E-state index in [1.807, 2.05) is 25.5 Å². The van der Waals surface area contributed by atoms with Crippen LogP contribution in [0.15, 0.2) is 24.5 Å². The minimum atomic E-state index is -0.119. The van der Waals surface area contributed by atoms with Crippen LogP contribution in [0.25, 0.3) is 0 Å². The molecule has 8 heteroatoms. The van der Waals surface area contributed by atoms with Crippen molar-refractivity contribution in [2.45, 2.75) is 12.5 Å². The van der Waals surface area contributed by atoms with Gasteiger partial charge in [0.1, 0.15) is 13.2 Å². The molecule has 2 aliphatic rings. The summed E-state index contributed by atoms with van der Waals surface area (Å²) in [7, 11) is 1.88. The van der Waals surface area contributed by atoms with E-state index < -0.39 is 0 Å². The van der Waals surface area contributed by atoms with Crippen molar-refractivity contribution >= 4 is 17.5 Å². The zero-order valence-corrected chi connectivity index (χ0v) is 15.3. The molecular weight excluding hydrogens is 356 g/mol. The molecule has 4 rings (SSSR count). The Morgan fingerprint density at radius 1 is 1.38 bits per heavy atom. The van der Waals surface area contributed by atoms with Crippen molar-refractivity contribution < 1.29 is 14.3 Å². The van der Waals surface area contributed by atoms with Crippen molar-refractivity contribution in [2.75, 3.05) is 26.3 Å². The van der Waals surface area contributed by atoms with Crippen LogP contribution in [0.4, 0.5) is 0 Å². The molecule has 2 aromatic rings. The number of hydrogen-bond acceptors (Lipinski definition) is 5. The van der Waals surface area contributed by atoms with Crippen LogP contribution in [0.1, 0.15) is 17.0 Å². The summed E-state index contributed by atoms with van der Waals surface area (Å²) < 4.78 is 12.9. The van der Waals surface area contributed by atoms with E-state index in [2.05, 4.69) is 15.7 Å². The van der Waals surface area contributed by atoms with Crippen molar-refractivity contribution in [1.29, 1.82) is 0 Å². The average molecular weight is 377 g/mol. The third kappa shape index (κ3) is 3.37. The number of carbonyl (C=O) groups is 1. The van der Waals surface area contributed by atoms with Gasteiger partial charge in [-0.15, -0.1) is 0 Å². The molecule has 1 aromatic carbocycles. The SMILES string of the molecule is Cn1cc([C@H]2CNC[C@@H]2C(=O)NCc2cc(Cl)c3c(c2)OCCO3)cn1. The Morgan fingerprint density at radius 2 is 2.23 bits per heavy atom. The lowest BCUT2D eigenvalue weighted by atomic mass is 9.90. The maximum atomic E-state index is 12.7. The second kappa shape index (κ2) is 7.17. The molecule has 1 aromatic heterocycles. The van der Waals surface area contributed by atoms with Crippen LogP contribution in [0.2, 0.25) is 5.02 Å². The summed E-state index contributed by atoms with van der Waals surface area (Å²) >= 11 is 6.26. The van der Waals surface area contributed by atoms with Gasteiger partial charge in [-0.05, 0) is 23.3 Å². The molecule has 7 nitrogen and oxygen atoms in total. The van der Waals surface area contributed by atoms with Gasteiger partial charge in [0, 0.05) is 38.8 Å². The number of benzene rings is 1. The summed E-state index contributed by atoms with van der Waals surface area (Å²) in [5.41, 5.74) is 1.97. The van der Waals surface area contributed by atoms with Gasteiger partial charge in [-0.2, -0.15) is 5.10 Å². The van der Waals surface area contributed by atoms with Crippen LogP contribution in [-0.2, 0) is 18.4 Å². The number of halogens is 1. The molecule has 1 saturated heterocycles. The Hall–Kier alpha value is -2.25. The Labute approximate surface area is 156 Å². The van der Waals surface area contributed by atoms with Gasteiger partial charge in [-0.1, -0.05) is 11.6 Å². The maximum absolute atomic E-state index is 12.7. The highest BCUT2D eigenvalue weighted by Gasteiger charge is 2.34. The van der Waals surface area contributed by atoms with Crippen LogP contribution in [0.5, 0.6) is 11.5 Å². The lowest BCUT2D eigenvalue weighted by Crippen LogP contribution is -2.34. The van der Waals surface area contributed by atoms with E-state index in [0.29, 0.717) is 42.8 Å². The molecule has 3 heterocycles. The minimum absolute atomic E-state index is 0.0230. The van der Waals surface area contributed by atoms with E-state index in [-0.39, 0.29) is 17.7 Å². The fraction of sp³-hybridized carbons (Fsp3) is 0.444. The number of aromatic nitrogens is 2. The van der Waals surface area contributed by atoms with Gasteiger partial charge in [0.25, 0.3) is 0 Å². The van der Waals surface area contributed by atoms with E-state index >= 15 is 0 Å². The molecular formula is C18H21ClN4O3. The Kier molecular flexibility index (Phi) is 4.74. The van der Waals surface area contributed by atoms with Gasteiger partial charge in [-0.3, -0.25) is 9.48 Å². The van der Waals surface area contributed by atoms with Gasteiger partial charge < -0.3 is 20.1 Å². The highest BCUT2D eigenvalue weighted by atomic mass is 35.5. The van der Waals surface area contributed by atoms with Crippen molar-refractivity contribution in [1.82, 2.24) is 20.4 Å². The molecule has 138 valence electrons. The Morgan fingerprint density at radius 3 is 3.04 bits per heavy atom. The second-order valence-electron chi connectivity index (χ2n) is 6.64. The first kappa shape index (κ1) is 17.2. The van der Waals surface area contributed by atoms with Crippen LogP contribution in [0, 0.1) is 5.92 Å². The average Bonchev–Trinajstić information content (AvgIpc) is 3.28. The highest BCUT2D eigenvalue weighted by molar-refractivity contribution is 6.32. The minimum Gasteiger partial charge on any atom is -0.486 e. The number of amides is 1. The topological polar surface area (TPSA) is 77.4 Å². The van der Waals surface area contributed by atoms with Crippen molar-refractivity contribution in [3.05, 3.63) is 40.7 Å². The first-order valence-electron chi connectivity index (χ1n) is 8.67. The molecule has 0 spiro atoms. The lowest BCUT2D eigenvalue weighted by molar-refractivity contribution is -0.125. The maximum Gasteiger partial charge on any atom is 0.225 e. The molecule has 0 bridgehead atoms. The number of rotatable bonds is 4. The first-order valence-corrected chi connectivity index (χ1v) is 9.04. The monoisotopic (exact) mass is 376 g/mol. The number of aryl methyl sites for hydroxylation is 1. The fourth-order valence-electron chi connectivity index (χ4n) is 3.52. The molecule has 0 radical (unpaired) electrons. The number of carbonyl (C=O) groups excluding carboxylic acids is 1. The number of nitrogens with one attached hydrogen (secondary N) is 2. The molecule has 1 amide bonds. The van der Waals surface area contributed by atoms with E-state index in [4.69, 9.17) is 21.1 Å². The predicted molar refractivity (Wildman–Crippen MR) is 96.6 cm³/mol. The van der Waals surface area contributed by atoms with Gasteiger partial charge in [0.15, 0.2) is 11.5 Å². The zero-order chi connectivity index (χ0) is 18.1. The summed E-state index contributed by atoms with van der Waals surface area (Å²) in [5, 5.41) is 11.0. The van der Waals surface area contributed by atoms with Crippen molar-refractivity contribution in [3.8, 4) is 11.5 Å². The molecule has 0 aliphatic carbocycles. The zero-order valence-electron chi connectivity index (χ0n) is 14.5. The summed E-state index contributed by atoms with van der Waals surface area (Å²) in [6.07, 6.45) is 3.80. The largest absolute Gasteiger partial charge is 0.486 e. The van der Waals surface area contributed by atoms with E-state index in [1.165, 1.54) is 0 Å². The quantitative estimate of drug-likeness (QED) is 0.844. The summed E-state index contributed by atoms with van der Waals surface area (Å²) in [6.45, 7) is 2.82. The second-order valence-corrected chi connectivity index (χ2v) is 7.05.